The molecule has 0 saturated heterocycles. The molecule has 0 amide bonds. The summed E-state index contributed by atoms with van der Waals surface area (Å²) < 4.78 is 42.3. The lowest BCUT2D eigenvalue weighted by molar-refractivity contribution is -0.119. The molecule has 0 aliphatic rings. The third-order valence-electron chi connectivity index (χ3n) is 2.55. The van der Waals surface area contributed by atoms with Gasteiger partial charge in [-0.15, -0.1) is 0 Å². The van der Waals surface area contributed by atoms with Crippen molar-refractivity contribution in [1.82, 2.24) is 0 Å². The lowest BCUT2D eigenvalue weighted by Gasteiger charge is -2.26. The smallest absolute Gasteiger partial charge is 0.405 e. The van der Waals surface area contributed by atoms with Crippen LogP contribution in [0.3, 0.4) is 0 Å². The summed E-state index contributed by atoms with van der Waals surface area (Å²) in [4.78, 5) is 1.13. The van der Waals surface area contributed by atoms with E-state index >= 15 is 0 Å². The van der Waals surface area contributed by atoms with Crippen LogP contribution in [0.1, 0.15) is 18.5 Å². The summed E-state index contributed by atoms with van der Waals surface area (Å²) >= 11 is 0. The molecule has 0 heterocycles. The van der Waals surface area contributed by atoms with Crippen LogP contribution in [0.4, 0.5) is 18.9 Å². The molecule has 0 saturated carbocycles. The van der Waals surface area contributed by atoms with Crippen molar-refractivity contribution in [2.24, 2.45) is 5.73 Å². The van der Waals surface area contributed by atoms with E-state index in [1.807, 2.05) is 0 Å². The van der Waals surface area contributed by atoms with Gasteiger partial charge < -0.3 is 15.4 Å². The van der Waals surface area contributed by atoms with E-state index in [0.29, 0.717) is 17.0 Å². The van der Waals surface area contributed by atoms with Gasteiger partial charge in [-0.2, -0.15) is 13.2 Å². The first kappa shape index (κ1) is 14.6. The fraction of sp³-hybridized carbons (Fsp3) is 0.500. The number of rotatable bonds is 4. The Bertz CT molecular complexity index is 405. The van der Waals surface area contributed by atoms with E-state index in [-0.39, 0.29) is 0 Å². The van der Waals surface area contributed by atoms with Gasteiger partial charge in [-0.3, -0.25) is 0 Å². The second-order valence-electron chi connectivity index (χ2n) is 4.15. The molecule has 0 aliphatic carbocycles. The first-order chi connectivity index (χ1) is 8.26. The van der Waals surface area contributed by atoms with Crippen LogP contribution < -0.4 is 15.4 Å². The molecule has 0 bridgehead atoms. The normalized spacial score (nSPS) is 13.3. The minimum absolute atomic E-state index is 0.410. The number of nitrogens with two attached hydrogens (primary N) is 1. The predicted molar refractivity (Wildman–Crippen MR) is 64.9 cm³/mol. The van der Waals surface area contributed by atoms with Crippen LogP contribution in [0.2, 0.25) is 0 Å². The molecule has 0 fully saturated rings. The summed E-state index contributed by atoms with van der Waals surface area (Å²) in [6.07, 6.45) is -4.26. The first-order valence-corrected chi connectivity index (χ1v) is 5.46. The molecule has 1 aromatic carbocycles. The molecule has 0 aromatic heterocycles. The molecule has 0 spiro atoms. The Kier molecular flexibility index (Phi) is 4.45. The Balaban J connectivity index is 3.15. The number of benzene rings is 1. The highest BCUT2D eigenvalue weighted by Gasteiger charge is 2.30. The number of hydrogen-bond donors (Lipinski definition) is 1. The van der Waals surface area contributed by atoms with E-state index in [9.17, 15) is 13.2 Å². The maximum atomic E-state index is 12.4. The number of methoxy groups -OCH3 is 1. The van der Waals surface area contributed by atoms with E-state index < -0.39 is 18.8 Å². The van der Waals surface area contributed by atoms with Crippen molar-refractivity contribution in [3.8, 4) is 5.75 Å². The van der Waals surface area contributed by atoms with Gasteiger partial charge in [-0.05, 0) is 19.1 Å². The predicted octanol–water partition coefficient (Wildman–Crippen LogP) is 2.71. The number of nitrogens with zero attached hydrogens (tertiary/aromatic N) is 1. The molecular weight excluding hydrogens is 245 g/mol. The third-order valence-corrected chi connectivity index (χ3v) is 2.55. The van der Waals surface area contributed by atoms with Crippen molar-refractivity contribution < 1.29 is 17.9 Å². The lowest BCUT2D eigenvalue weighted by atomic mass is 10.0. The molecule has 1 rings (SSSR count). The van der Waals surface area contributed by atoms with Crippen LogP contribution in [-0.2, 0) is 0 Å². The zero-order valence-corrected chi connectivity index (χ0v) is 10.6. The SMILES string of the molecule is COc1cccc(N(C)CC(F)(F)F)c1[C@H](C)N. The molecule has 2 N–H and O–H groups in total. The average Bonchev–Trinajstić information content (AvgIpc) is 2.25. The molecule has 0 radical (unpaired) electrons. The van der Waals surface area contributed by atoms with E-state index in [1.165, 1.54) is 14.2 Å². The first-order valence-electron chi connectivity index (χ1n) is 5.46. The summed E-state index contributed by atoms with van der Waals surface area (Å²) in [6.45, 7) is 0.683. The average molecular weight is 262 g/mol. The number of ether oxygens (including phenoxy) is 1. The van der Waals surface area contributed by atoms with E-state index in [0.717, 1.165) is 4.90 Å². The Labute approximate surface area is 104 Å². The van der Waals surface area contributed by atoms with Gasteiger partial charge in [-0.1, -0.05) is 6.07 Å². The molecule has 0 aliphatic heterocycles. The summed E-state index contributed by atoms with van der Waals surface area (Å²) in [7, 11) is 2.85. The van der Waals surface area contributed by atoms with Gasteiger partial charge in [0, 0.05) is 24.3 Å². The summed E-state index contributed by atoms with van der Waals surface area (Å²) in [5.74, 6) is 0.497. The quantitative estimate of drug-likeness (QED) is 0.906. The van der Waals surface area contributed by atoms with Gasteiger partial charge in [0.1, 0.15) is 12.3 Å². The van der Waals surface area contributed by atoms with Gasteiger partial charge in [0.05, 0.1) is 7.11 Å². The maximum Gasteiger partial charge on any atom is 0.405 e. The van der Waals surface area contributed by atoms with Crippen molar-refractivity contribution in [2.45, 2.75) is 19.1 Å². The Morgan fingerprint density at radius 1 is 1.39 bits per heavy atom. The topological polar surface area (TPSA) is 38.5 Å². The molecule has 1 atom stereocenters. The Morgan fingerprint density at radius 3 is 2.44 bits per heavy atom. The van der Waals surface area contributed by atoms with Crippen molar-refractivity contribution in [1.29, 1.82) is 0 Å². The van der Waals surface area contributed by atoms with Gasteiger partial charge >= 0.3 is 6.18 Å². The second kappa shape index (κ2) is 5.48. The largest absolute Gasteiger partial charge is 0.496 e. The maximum absolute atomic E-state index is 12.4. The van der Waals surface area contributed by atoms with Crippen LogP contribution >= 0.6 is 0 Å². The van der Waals surface area contributed by atoms with Crippen LogP contribution in [0.15, 0.2) is 18.2 Å². The Hall–Kier alpha value is -1.43. The molecule has 102 valence electrons. The highest BCUT2D eigenvalue weighted by atomic mass is 19.4. The monoisotopic (exact) mass is 262 g/mol. The zero-order valence-electron chi connectivity index (χ0n) is 10.6. The Morgan fingerprint density at radius 2 is 2.00 bits per heavy atom. The van der Waals surface area contributed by atoms with E-state index in [1.54, 1.807) is 25.1 Å². The summed E-state index contributed by atoms with van der Waals surface area (Å²) in [6, 6.07) is 4.52. The van der Waals surface area contributed by atoms with Gasteiger partial charge in [0.15, 0.2) is 0 Å². The van der Waals surface area contributed by atoms with E-state index in [4.69, 9.17) is 10.5 Å². The van der Waals surface area contributed by atoms with Gasteiger partial charge in [0.25, 0.3) is 0 Å². The summed E-state index contributed by atoms with van der Waals surface area (Å²) in [5.41, 5.74) is 6.81. The molecule has 0 unspecified atom stereocenters. The minimum atomic E-state index is -4.26. The van der Waals surface area contributed by atoms with Crippen molar-refractivity contribution in [3.05, 3.63) is 23.8 Å². The van der Waals surface area contributed by atoms with Crippen LogP contribution in [0.25, 0.3) is 0 Å². The van der Waals surface area contributed by atoms with Crippen molar-refractivity contribution >= 4 is 5.69 Å². The van der Waals surface area contributed by atoms with Crippen LogP contribution in [-0.4, -0.2) is 26.9 Å². The lowest BCUT2D eigenvalue weighted by Crippen LogP contribution is -2.32. The third kappa shape index (κ3) is 3.53. The molecule has 6 heteroatoms. The van der Waals surface area contributed by atoms with Crippen molar-refractivity contribution in [2.75, 3.05) is 25.6 Å². The number of halogens is 3. The molecular formula is C12H17F3N2O. The fourth-order valence-corrected chi connectivity index (χ4v) is 1.86. The highest BCUT2D eigenvalue weighted by Crippen LogP contribution is 2.34. The van der Waals surface area contributed by atoms with Crippen LogP contribution in [0.5, 0.6) is 5.75 Å². The van der Waals surface area contributed by atoms with E-state index in [2.05, 4.69) is 0 Å². The summed E-state index contributed by atoms with van der Waals surface area (Å²) in [5, 5.41) is 0. The molecule has 1 aromatic rings. The standard InChI is InChI=1S/C12H17F3N2O/c1-8(16)11-9(5-4-6-10(11)18-3)17(2)7-12(13,14)15/h4-6,8H,7,16H2,1-3H3/t8-/m0/s1. The number of alkyl halides is 3. The second-order valence-corrected chi connectivity index (χ2v) is 4.15. The molecule has 18 heavy (non-hydrogen) atoms. The van der Waals surface area contributed by atoms with Crippen LogP contribution in [0, 0.1) is 0 Å². The number of hydrogen-bond acceptors (Lipinski definition) is 3. The fourth-order valence-electron chi connectivity index (χ4n) is 1.86. The highest BCUT2D eigenvalue weighted by molar-refractivity contribution is 5.60. The minimum Gasteiger partial charge on any atom is -0.496 e. The zero-order chi connectivity index (χ0) is 13.9. The molecule has 3 nitrogen and oxygen atoms in total. The number of anilines is 1. The van der Waals surface area contributed by atoms with Gasteiger partial charge in [0.2, 0.25) is 0 Å². The van der Waals surface area contributed by atoms with Gasteiger partial charge in [-0.25, -0.2) is 0 Å². The van der Waals surface area contributed by atoms with Crippen molar-refractivity contribution in [3.63, 3.8) is 0 Å².